The van der Waals surface area contributed by atoms with Crippen molar-refractivity contribution in [3.05, 3.63) is 29.8 Å². The van der Waals surface area contributed by atoms with Gasteiger partial charge in [-0.05, 0) is 23.8 Å². The molecule has 0 amide bonds. The quantitative estimate of drug-likeness (QED) is 0.147. The molecule has 34 heavy (non-hydrogen) atoms. The van der Waals surface area contributed by atoms with E-state index in [0.717, 1.165) is 6.08 Å². The molecule has 7 unspecified atom stereocenters. The van der Waals surface area contributed by atoms with Gasteiger partial charge in [0.2, 0.25) is 0 Å². The normalized spacial score (nSPS) is 32.5. The molecule has 1 aromatic rings. The van der Waals surface area contributed by atoms with Gasteiger partial charge in [0.05, 0.1) is 13.0 Å². The Balaban J connectivity index is 1.53. The zero-order valence-electron chi connectivity index (χ0n) is 18.3. The summed E-state index contributed by atoms with van der Waals surface area (Å²) in [7, 11) is 0. The first-order valence-electron chi connectivity index (χ1n) is 10.6. The van der Waals surface area contributed by atoms with Crippen LogP contribution in [-0.2, 0) is 28.5 Å². The first-order valence-corrected chi connectivity index (χ1v) is 10.6. The first kappa shape index (κ1) is 25.9. The molecule has 7 atom stereocenters. The zero-order valence-corrected chi connectivity index (χ0v) is 18.3. The molecule has 6 N–H and O–H groups in total. The average molecular weight is 484 g/mol. The maximum Gasteiger partial charge on any atom is 0.330 e. The van der Waals surface area contributed by atoms with Gasteiger partial charge in [0, 0.05) is 12.0 Å². The zero-order chi connectivity index (χ0) is 25.0. The predicted molar refractivity (Wildman–Crippen MR) is 112 cm³/mol. The summed E-state index contributed by atoms with van der Waals surface area (Å²) in [6.07, 6.45) is -5.32. The van der Waals surface area contributed by atoms with E-state index in [1.54, 1.807) is 6.92 Å². The number of phenolic OH excluding ortho intramolecular Hbond substituents is 2. The molecule has 2 aliphatic heterocycles. The summed E-state index contributed by atoms with van der Waals surface area (Å²) in [5.41, 5.74) is -1.02. The van der Waals surface area contributed by atoms with Gasteiger partial charge in [-0.3, -0.25) is 4.79 Å². The number of carbonyl (C=O) groups is 2. The molecule has 2 aliphatic rings. The second-order valence-corrected chi connectivity index (χ2v) is 8.40. The Hall–Kier alpha value is -2.74. The predicted octanol–water partition coefficient (Wildman–Crippen LogP) is -1.21. The maximum atomic E-state index is 12.0. The van der Waals surface area contributed by atoms with Crippen molar-refractivity contribution in [2.75, 3.05) is 19.8 Å². The van der Waals surface area contributed by atoms with E-state index < -0.39 is 60.8 Å². The van der Waals surface area contributed by atoms with Gasteiger partial charge in [0.15, 0.2) is 17.8 Å². The highest BCUT2D eigenvalue weighted by Crippen LogP contribution is 2.30. The molecule has 2 saturated heterocycles. The Morgan fingerprint density at radius 2 is 1.94 bits per heavy atom. The van der Waals surface area contributed by atoms with Crippen molar-refractivity contribution < 1.29 is 59.2 Å². The number of aliphatic hydroxyl groups is 4. The van der Waals surface area contributed by atoms with Crippen molar-refractivity contribution in [1.82, 2.24) is 0 Å². The van der Waals surface area contributed by atoms with Gasteiger partial charge in [-0.1, -0.05) is 13.0 Å². The molecule has 0 bridgehead atoms. The highest BCUT2D eigenvalue weighted by molar-refractivity contribution is 5.87. The van der Waals surface area contributed by atoms with E-state index >= 15 is 0 Å². The molecule has 0 spiro atoms. The van der Waals surface area contributed by atoms with Crippen molar-refractivity contribution in [1.29, 1.82) is 0 Å². The fourth-order valence-corrected chi connectivity index (χ4v) is 3.48. The Morgan fingerprint density at radius 3 is 2.59 bits per heavy atom. The lowest BCUT2D eigenvalue weighted by Crippen LogP contribution is -2.59. The highest BCUT2D eigenvalue weighted by Gasteiger charge is 2.47. The Labute approximate surface area is 194 Å². The molecule has 12 nitrogen and oxygen atoms in total. The van der Waals surface area contributed by atoms with Gasteiger partial charge in [0.25, 0.3) is 0 Å². The van der Waals surface area contributed by atoms with Crippen molar-refractivity contribution in [3.8, 4) is 11.5 Å². The van der Waals surface area contributed by atoms with Gasteiger partial charge >= 0.3 is 11.9 Å². The van der Waals surface area contributed by atoms with Gasteiger partial charge in [0.1, 0.15) is 43.2 Å². The molecule has 0 saturated carbocycles. The van der Waals surface area contributed by atoms with E-state index in [-0.39, 0.29) is 31.1 Å². The Morgan fingerprint density at radius 1 is 1.21 bits per heavy atom. The Bertz CT molecular complexity index is 917. The van der Waals surface area contributed by atoms with Crippen LogP contribution in [0.25, 0.3) is 6.08 Å². The van der Waals surface area contributed by atoms with Crippen LogP contribution >= 0.6 is 0 Å². The second kappa shape index (κ2) is 10.7. The molecule has 3 rings (SSSR count). The van der Waals surface area contributed by atoms with E-state index in [9.17, 15) is 40.2 Å². The minimum absolute atomic E-state index is 0.160. The highest BCUT2D eigenvalue weighted by atomic mass is 16.7. The van der Waals surface area contributed by atoms with E-state index in [4.69, 9.17) is 18.9 Å². The van der Waals surface area contributed by atoms with Gasteiger partial charge in [-0.2, -0.15) is 0 Å². The van der Waals surface area contributed by atoms with Crippen LogP contribution in [0.15, 0.2) is 24.3 Å². The number of esters is 2. The SMILES string of the molecule is CC(COC1OC(COC(=O)C=Cc2ccc(O)c(O)c2)C(O)C(O)C1O)C1(O)COC(=O)C1. The molecule has 12 heteroatoms. The molecule has 2 heterocycles. The number of hydrogen-bond donors (Lipinski definition) is 6. The number of aromatic hydroxyl groups is 2. The minimum atomic E-state index is -1.66. The van der Waals surface area contributed by atoms with Crippen molar-refractivity contribution >= 4 is 18.0 Å². The largest absolute Gasteiger partial charge is 0.504 e. The number of hydrogen-bond acceptors (Lipinski definition) is 12. The van der Waals surface area contributed by atoms with Gasteiger partial charge < -0.3 is 49.6 Å². The Kier molecular flexibility index (Phi) is 8.13. The molecular formula is C22H28O12. The molecule has 188 valence electrons. The molecule has 0 aliphatic carbocycles. The molecule has 0 aromatic heterocycles. The summed E-state index contributed by atoms with van der Waals surface area (Å²) >= 11 is 0. The lowest BCUT2D eigenvalue weighted by Gasteiger charge is -2.40. The fourth-order valence-electron chi connectivity index (χ4n) is 3.48. The second-order valence-electron chi connectivity index (χ2n) is 8.40. The number of phenols is 2. The third-order valence-electron chi connectivity index (χ3n) is 5.83. The summed E-state index contributed by atoms with van der Waals surface area (Å²) in [5.74, 6) is -2.61. The third-order valence-corrected chi connectivity index (χ3v) is 5.83. The van der Waals surface area contributed by atoms with E-state index in [0.29, 0.717) is 5.56 Å². The summed E-state index contributed by atoms with van der Waals surface area (Å²) in [6, 6.07) is 3.94. The molecule has 0 radical (unpaired) electrons. The van der Waals surface area contributed by atoms with Crippen LogP contribution in [0.4, 0.5) is 0 Å². The van der Waals surface area contributed by atoms with Crippen LogP contribution in [0.3, 0.4) is 0 Å². The van der Waals surface area contributed by atoms with E-state index in [1.165, 1.54) is 24.3 Å². The van der Waals surface area contributed by atoms with Crippen LogP contribution < -0.4 is 0 Å². The maximum absolute atomic E-state index is 12.0. The molecule has 2 fully saturated rings. The van der Waals surface area contributed by atoms with Crippen LogP contribution in [0.1, 0.15) is 18.9 Å². The average Bonchev–Trinajstić information content (AvgIpc) is 3.16. The lowest BCUT2D eigenvalue weighted by molar-refractivity contribution is -0.305. The summed E-state index contributed by atoms with van der Waals surface area (Å²) in [4.78, 5) is 23.3. The number of aliphatic hydroxyl groups excluding tert-OH is 3. The third kappa shape index (κ3) is 6.03. The smallest absolute Gasteiger partial charge is 0.330 e. The van der Waals surface area contributed by atoms with Crippen LogP contribution in [0, 0.1) is 5.92 Å². The van der Waals surface area contributed by atoms with Gasteiger partial charge in [-0.15, -0.1) is 0 Å². The van der Waals surface area contributed by atoms with Gasteiger partial charge in [-0.25, -0.2) is 4.79 Å². The monoisotopic (exact) mass is 484 g/mol. The van der Waals surface area contributed by atoms with Crippen molar-refractivity contribution in [3.63, 3.8) is 0 Å². The number of rotatable bonds is 8. The lowest BCUT2D eigenvalue weighted by atomic mass is 9.88. The topological polar surface area (TPSA) is 192 Å². The van der Waals surface area contributed by atoms with Crippen LogP contribution in [0.2, 0.25) is 0 Å². The minimum Gasteiger partial charge on any atom is -0.504 e. The first-order chi connectivity index (χ1) is 16.0. The molecule has 1 aromatic carbocycles. The van der Waals surface area contributed by atoms with Crippen molar-refractivity contribution in [2.45, 2.75) is 49.7 Å². The summed E-state index contributed by atoms with van der Waals surface area (Å²) in [5, 5.41) is 59.7. The standard InChI is InChI=1S/C22H28O12/c1-11(22(30)7-17(26)33-10-22)8-32-21-20(29)19(28)18(27)15(34-21)9-31-16(25)5-3-12-2-4-13(23)14(24)6-12/h2-6,11,15,18-21,23-24,27-30H,7-10H2,1H3. The molecular weight excluding hydrogens is 456 g/mol. The number of carbonyl (C=O) groups excluding carboxylic acids is 2. The van der Waals surface area contributed by atoms with E-state index in [1.807, 2.05) is 0 Å². The summed E-state index contributed by atoms with van der Waals surface area (Å²) in [6.45, 7) is 0.784. The van der Waals surface area contributed by atoms with Crippen LogP contribution in [-0.4, -0.2) is 98.7 Å². The summed E-state index contributed by atoms with van der Waals surface area (Å²) < 4.78 is 20.8. The number of ether oxygens (including phenoxy) is 4. The number of cyclic esters (lactones) is 1. The fraction of sp³-hybridized carbons (Fsp3) is 0.545. The van der Waals surface area contributed by atoms with Crippen molar-refractivity contribution in [2.24, 2.45) is 5.92 Å². The number of benzene rings is 1. The van der Waals surface area contributed by atoms with E-state index in [2.05, 4.69) is 0 Å². The van der Waals surface area contributed by atoms with Crippen LogP contribution in [0.5, 0.6) is 11.5 Å².